The number of ether oxygens (including phenoxy) is 1. The number of aromatic nitrogens is 4. The Morgan fingerprint density at radius 3 is 2.45 bits per heavy atom. The third-order valence-electron chi connectivity index (χ3n) is 5.72. The molecule has 3 aromatic rings. The lowest BCUT2D eigenvalue weighted by atomic mass is 10.0. The van der Waals surface area contributed by atoms with Crippen LogP contribution >= 0.6 is 11.6 Å². The highest BCUT2D eigenvalue weighted by Gasteiger charge is 2.33. The highest BCUT2D eigenvalue weighted by molar-refractivity contribution is 6.30. The van der Waals surface area contributed by atoms with Crippen molar-refractivity contribution in [1.29, 1.82) is 0 Å². The summed E-state index contributed by atoms with van der Waals surface area (Å²) in [5.41, 5.74) is 0.914. The zero-order valence-corrected chi connectivity index (χ0v) is 18.8. The third-order valence-corrected chi connectivity index (χ3v) is 5.97. The molecule has 7 nitrogen and oxygen atoms in total. The molecule has 1 fully saturated rings. The summed E-state index contributed by atoms with van der Waals surface area (Å²) >= 11 is 6.10. The van der Waals surface area contributed by atoms with Gasteiger partial charge in [0.15, 0.2) is 5.82 Å². The first-order valence-electron chi connectivity index (χ1n) is 10.5. The van der Waals surface area contributed by atoms with Gasteiger partial charge in [-0.3, -0.25) is 4.90 Å². The van der Waals surface area contributed by atoms with Crippen LogP contribution in [-0.4, -0.2) is 65.0 Å². The zero-order valence-electron chi connectivity index (χ0n) is 18.0. The molecule has 0 N–H and O–H groups in total. The van der Waals surface area contributed by atoms with Gasteiger partial charge in [0.1, 0.15) is 0 Å². The molecule has 1 aliphatic heterocycles. The smallest absolute Gasteiger partial charge is 0.383 e. The molecule has 2 aromatic carbocycles. The number of halogens is 4. The lowest BCUT2D eigenvalue weighted by Crippen LogP contribution is -2.48. The maximum atomic E-state index is 13.1. The Kier molecular flexibility index (Phi) is 7.16. The van der Waals surface area contributed by atoms with E-state index < -0.39 is 11.7 Å². The van der Waals surface area contributed by atoms with Crippen LogP contribution in [0.5, 0.6) is 0 Å². The molecule has 1 aliphatic rings. The van der Waals surface area contributed by atoms with E-state index in [1.807, 2.05) is 29.2 Å². The molecule has 4 rings (SSSR count). The van der Waals surface area contributed by atoms with Crippen LogP contribution in [0.2, 0.25) is 5.02 Å². The largest absolute Gasteiger partial charge is 0.416 e. The van der Waals surface area contributed by atoms with E-state index in [4.69, 9.17) is 16.3 Å². The Morgan fingerprint density at radius 2 is 1.79 bits per heavy atom. The maximum absolute atomic E-state index is 13.1. The van der Waals surface area contributed by atoms with Gasteiger partial charge in [-0.25, -0.2) is 4.68 Å². The van der Waals surface area contributed by atoms with Gasteiger partial charge in [-0.15, -0.1) is 5.10 Å². The molecule has 0 aliphatic carbocycles. The van der Waals surface area contributed by atoms with Crippen LogP contribution in [0, 0.1) is 0 Å². The SMILES string of the molecule is COCCn1nnnc1C(c1ccc(Cl)cc1)N1CCN(c2cccc(C(F)(F)F)c2)CC1. The Hall–Kier alpha value is -2.69. The van der Waals surface area contributed by atoms with Crippen molar-refractivity contribution in [3.05, 3.63) is 70.5 Å². The normalized spacial score (nSPS) is 16.2. The van der Waals surface area contributed by atoms with Crippen LogP contribution in [-0.2, 0) is 17.5 Å². The molecule has 1 atom stereocenters. The summed E-state index contributed by atoms with van der Waals surface area (Å²) in [5, 5.41) is 12.9. The molecule has 1 saturated heterocycles. The van der Waals surface area contributed by atoms with Crippen LogP contribution in [0.1, 0.15) is 23.0 Å². The minimum atomic E-state index is -4.36. The van der Waals surface area contributed by atoms with Gasteiger partial charge in [0, 0.05) is 44.0 Å². The van der Waals surface area contributed by atoms with E-state index in [9.17, 15) is 13.2 Å². The van der Waals surface area contributed by atoms with Crippen LogP contribution in [0.25, 0.3) is 0 Å². The van der Waals surface area contributed by atoms with E-state index in [0.29, 0.717) is 55.9 Å². The van der Waals surface area contributed by atoms with Gasteiger partial charge >= 0.3 is 6.18 Å². The number of hydrogen-bond donors (Lipinski definition) is 0. The number of anilines is 1. The summed E-state index contributed by atoms with van der Waals surface area (Å²) in [4.78, 5) is 4.21. The number of rotatable bonds is 7. The summed E-state index contributed by atoms with van der Waals surface area (Å²) in [6.45, 7) is 3.37. The third kappa shape index (κ3) is 5.45. The van der Waals surface area contributed by atoms with Crippen molar-refractivity contribution in [2.45, 2.75) is 18.8 Å². The van der Waals surface area contributed by atoms with Crippen molar-refractivity contribution in [3.8, 4) is 0 Å². The first kappa shape index (κ1) is 23.5. The monoisotopic (exact) mass is 480 g/mol. The van der Waals surface area contributed by atoms with Crippen molar-refractivity contribution in [2.75, 3.05) is 44.8 Å². The fourth-order valence-electron chi connectivity index (χ4n) is 4.03. The second-order valence-electron chi connectivity index (χ2n) is 7.78. The van der Waals surface area contributed by atoms with Crippen molar-refractivity contribution in [3.63, 3.8) is 0 Å². The minimum Gasteiger partial charge on any atom is -0.383 e. The summed E-state index contributed by atoms with van der Waals surface area (Å²) < 4.78 is 46.3. The number of hydrogen-bond acceptors (Lipinski definition) is 6. The number of tetrazole rings is 1. The average molecular weight is 481 g/mol. The van der Waals surface area contributed by atoms with Crippen LogP contribution in [0.4, 0.5) is 18.9 Å². The van der Waals surface area contributed by atoms with Gasteiger partial charge in [0.05, 0.1) is 24.8 Å². The molecule has 2 heterocycles. The number of benzene rings is 2. The van der Waals surface area contributed by atoms with E-state index in [1.165, 1.54) is 12.1 Å². The molecular formula is C22H24ClF3N6O. The predicted molar refractivity (Wildman–Crippen MR) is 118 cm³/mol. The topological polar surface area (TPSA) is 59.3 Å². The van der Waals surface area contributed by atoms with Crippen LogP contribution < -0.4 is 4.90 Å². The Labute approximate surface area is 194 Å². The first-order chi connectivity index (χ1) is 15.9. The summed E-state index contributed by atoms with van der Waals surface area (Å²) in [6.07, 6.45) is -4.36. The highest BCUT2D eigenvalue weighted by Crippen LogP contribution is 2.33. The number of methoxy groups -OCH3 is 1. The van der Waals surface area contributed by atoms with Crippen LogP contribution in [0.3, 0.4) is 0 Å². The maximum Gasteiger partial charge on any atom is 0.416 e. The zero-order chi connectivity index (χ0) is 23.4. The second-order valence-corrected chi connectivity index (χ2v) is 8.21. The molecule has 0 amide bonds. The summed E-state index contributed by atoms with van der Waals surface area (Å²) in [5.74, 6) is 0.682. The van der Waals surface area contributed by atoms with E-state index in [0.717, 1.165) is 11.6 Å². The van der Waals surface area contributed by atoms with E-state index in [1.54, 1.807) is 17.9 Å². The first-order valence-corrected chi connectivity index (χ1v) is 10.9. The molecule has 0 radical (unpaired) electrons. The van der Waals surface area contributed by atoms with Gasteiger partial charge in [0.25, 0.3) is 0 Å². The number of nitrogens with zero attached hydrogens (tertiary/aromatic N) is 6. The molecule has 176 valence electrons. The highest BCUT2D eigenvalue weighted by atomic mass is 35.5. The van der Waals surface area contributed by atoms with Gasteiger partial charge in [-0.05, 0) is 46.3 Å². The fourth-order valence-corrected chi connectivity index (χ4v) is 4.16. The quantitative estimate of drug-likeness (QED) is 0.511. The molecule has 11 heteroatoms. The van der Waals surface area contributed by atoms with Gasteiger partial charge < -0.3 is 9.64 Å². The summed E-state index contributed by atoms with van der Waals surface area (Å²) in [6, 6.07) is 12.8. The number of piperazine rings is 1. The van der Waals surface area contributed by atoms with Gasteiger partial charge in [-0.2, -0.15) is 13.2 Å². The standard InChI is InChI=1S/C22H24ClF3N6O/c1-33-14-13-32-21(27-28-29-32)20(16-5-7-18(23)8-6-16)31-11-9-30(10-12-31)19-4-2-3-17(15-19)22(24,25)26/h2-8,15,20H,9-14H2,1H3. The molecule has 0 bridgehead atoms. The molecule has 0 spiro atoms. The van der Waals surface area contributed by atoms with Gasteiger partial charge in [-0.1, -0.05) is 29.8 Å². The van der Waals surface area contributed by atoms with Gasteiger partial charge in [0.2, 0.25) is 0 Å². The van der Waals surface area contributed by atoms with Crippen molar-refractivity contribution in [2.24, 2.45) is 0 Å². The lowest BCUT2D eigenvalue weighted by Gasteiger charge is -2.40. The second kappa shape index (κ2) is 10.1. The lowest BCUT2D eigenvalue weighted by molar-refractivity contribution is -0.137. The fraction of sp³-hybridized carbons (Fsp3) is 0.409. The Bertz CT molecular complexity index is 1050. The predicted octanol–water partition coefficient (Wildman–Crippen LogP) is 3.90. The molecule has 1 unspecified atom stereocenters. The van der Waals surface area contributed by atoms with E-state index in [-0.39, 0.29) is 6.04 Å². The molecular weight excluding hydrogens is 457 g/mol. The van der Waals surface area contributed by atoms with Crippen molar-refractivity contribution >= 4 is 17.3 Å². The minimum absolute atomic E-state index is 0.224. The average Bonchev–Trinajstić information content (AvgIpc) is 3.27. The molecule has 1 aromatic heterocycles. The Balaban J connectivity index is 1.56. The van der Waals surface area contributed by atoms with Crippen molar-refractivity contribution < 1.29 is 17.9 Å². The summed E-state index contributed by atoms with van der Waals surface area (Å²) in [7, 11) is 1.62. The number of alkyl halides is 3. The Morgan fingerprint density at radius 1 is 1.06 bits per heavy atom. The van der Waals surface area contributed by atoms with Crippen LogP contribution in [0.15, 0.2) is 48.5 Å². The molecule has 33 heavy (non-hydrogen) atoms. The van der Waals surface area contributed by atoms with E-state index in [2.05, 4.69) is 20.4 Å². The molecule has 0 saturated carbocycles. The van der Waals surface area contributed by atoms with Crippen molar-refractivity contribution in [1.82, 2.24) is 25.1 Å². The van der Waals surface area contributed by atoms with E-state index >= 15 is 0 Å².